The summed E-state index contributed by atoms with van der Waals surface area (Å²) in [5, 5.41) is 2.49. The van der Waals surface area contributed by atoms with Gasteiger partial charge in [-0.2, -0.15) is 0 Å². The summed E-state index contributed by atoms with van der Waals surface area (Å²) in [6.45, 7) is 0. The lowest BCUT2D eigenvalue weighted by molar-refractivity contribution is -0.117. The molecule has 1 aromatic rings. The van der Waals surface area contributed by atoms with Crippen molar-refractivity contribution in [2.75, 3.05) is 17.3 Å². The average Bonchev–Trinajstić information content (AvgIpc) is 2.29. The number of sulfone groups is 1. The van der Waals surface area contributed by atoms with E-state index in [-0.39, 0.29) is 16.6 Å². The zero-order valence-electron chi connectivity index (χ0n) is 10.2. The van der Waals surface area contributed by atoms with Gasteiger partial charge in [-0.3, -0.25) is 4.79 Å². The van der Waals surface area contributed by atoms with Gasteiger partial charge in [-0.15, -0.1) is 0 Å². The van der Waals surface area contributed by atoms with Crippen LogP contribution in [0.5, 0.6) is 0 Å². The molecule has 0 aliphatic carbocycles. The Morgan fingerprint density at radius 1 is 1.53 bits per heavy atom. The molecule has 0 radical (unpaired) electrons. The van der Waals surface area contributed by atoms with Gasteiger partial charge in [0.05, 0.1) is 16.3 Å². The number of hydrogen-bond donors (Lipinski definition) is 2. The summed E-state index contributed by atoms with van der Waals surface area (Å²) in [5.74, 6) is -1.11. The van der Waals surface area contributed by atoms with Crippen molar-refractivity contribution in [1.29, 1.82) is 0 Å². The fourth-order valence-corrected chi connectivity index (χ4v) is 2.34. The third-order valence-electron chi connectivity index (χ3n) is 2.32. The number of nitrogens with one attached hydrogen (secondary N) is 1. The summed E-state index contributed by atoms with van der Waals surface area (Å²) in [6.07, 6.45) is 1.11. The van der Waals surface area contributed by atoms with Gasteiger partial charge in [0.25, 0.3) is 0 Å². The maximum Gasteiger partial charge on any atom is 0.241 e. The van der Waals surface area contributed by atoms with E-state index in [1.165, 1.54) is 18.2 Å². The van der Waals surface area contributed by atoms with Crippen LogP contribution in [0.1, 0.15) is 6.42 Å². The molecular formula is C11H14BrFN2O3S. The minimum Gasteiger partial charge on any atom is -0.325 e. The Kier molecular flexibility index (Phi) is 5.45. The first-order chi connectivity index (χ1) is 8.69. The second-order valence-electron chi connectivity index (χ2n) is 4.14. The van der Waals surface area contributed by atoms with Crippen molar-refractivity contribution in [2.24, 2.45) is 5.73 Å². The van der Waals surface area contributed by atoms with Crippen molar-refractivity contribution < 1.29 is 17.6 Å². The zero-order chi connectivity index (χ0) is 14.6. The number of halogens is 2. The molecule has 19 heavy (non-hydrogen) atoms. The van der Waals surface area contributed by atoms with Crippen LogP contribution in [0.4, 0.5) is 10.1 Å². The van der Waals surface area contributed by atoms with Gasteiger partial charge in [-0.05, 0) is 40.5 Å². The van der Waals surface area contributed by atoms with Gasteiger partial charge >= 0.3 is 0 Å². The van der Waals surface area contributed by atoms with E-state index in [4.69, 9.17) is 5.73 Å². The lowest BCUT2D eigenvalue weighted by Crippen LogP contribution is -2.37. The number of nitrogens with two attached hydrogens (primary N) is 1. The summed E-state index contributed by atoms with van der Waals surface area (Å²) in [6, 6.07) is 3.05. The van der Waals surface area contributed by atoms with Gasteiger partial charge in [0.1, 0.15) is 15.7 Å². The van der Waals surface area contributed by atoms with Crippen LogP contribution in [0.3, 0.4) is 0 Å². The van der Waals surface area contributed by atoms with Crippen molar-refractivity contribution in [2.45, 2.75) is 12.5 Å². The number of benzene rings is 1. The minimum atomic E-state index is -3.15. The molecule has 8 heteroatoms. The monoisotopic (exact) mass is 352 g/mol. The van der Waals surface area contributed by atoms with Gasteiger partial charge in [0.15, 0.2) is 0 Å². The molecule has 1 atom stereocenters. The molecule has 1 amide bonds. The molecule has 0 saturated heterocycles. The van der Waals surface area contributed by atoms with Crippen molar-refractivity contribution in [3.05, 3.63) is 28.5 Å². The highest BCUT2D eigenvalue weighted by atomic mass is 79.9. The maximum atomic E-state index is 13.0. The maximum absolute atomic E-state index is 13.0. The fraction of sp³-hybridized carbons (Fsp3) is 0.364. The Labute approximate surface area is 119 Å². The lowest BCUT2D eigenvalue weighted by atomic mass is 10.2. The Balaban J connectivity index is 2.61. The van der Waals surface area contributed by atoms with E-state index in [1.807, 2.05) is 0 Å². The fourth-order valence-electron chi connectivity index (χ4n) is 1.28. The highest BCUT2D eigenvalue weighted by Gasteiger charge is 2.16. The molecule has 5 nitrogen and oxygen atoms in total. The predicted octanol–water partition coefficient (Wildman–Crippen LogP) is 1.29. The summed E-state index contributed by atoms with van der Waals surface area (Å²) < 4.78 is 35.1. The first-order valence-electron chi connectivity index (χ1n) is 5.38. The number of anilines is 1. The predicted molar refractivity (Wildman–Crippen MR) is 75.0 cm³/mol. The van der Waals surface area contributed by atoms with Crippen LogP contribution in [0, 0.1) is 5.82 Å². The molecule has 106 valence electrons. The highest BCUT2D eigenvalue weighted by molar-refractivity contribution is 9.10. The van der Waals surface area contributed by atoms with Gasteiger partial charge in [-0.25, -0.2) is 12.8 Å². The molecule has 0 spiro atoms. The van der Waals surface area contributed by atoms with E-state index in [1.54, 1.807) is 0 Å². The van der Waals surface area contributed by atoms with Crippen LogP contribution in [0.25, 0.3) is 0 Å². The molecule has 1 aromatic carbocycles. The van der Waals surface area contributed by atoms with Gasteiger partial charge in [0.2, 0.25) is 5.91 Å². The van der Waals surface area contributed by atoms with E-state index in [0.717, 1.165) is 6.26 Å². The number of carbonyl (C=O) groups excluding carboxylic acids is 1. The number of carbonyl (C=O) groups is 1. The van der Waals surface area contributed by atoms with Gasteiger partial charge < -0.3 is 11.1 Å². The van der Waals surface area contributed by atoms with Crippen molar-refractivity contribution in [1.82, 2.24) is 0 Å². The summed E-state index contributed by atoms with van der Waals surface area (Å²) in [7, 11) is -3.15. The van der Waals surface area contributed by atoms with Crippen molar-refractivity contribution in [3.8, 4) is 0 Å². The average molecular weight is 353 g/mol. The summed E-state index contributed by atoms with van der Waals surface area (Å²) in [4.78, 5) is 11.7. The third-order valence-corrected chi connectivity index (χ3v) is 3.91. The van der Waals surface area contributed by atoms with E-state index < -0.39 is 27.6 Å². The lowest BCUT2D eigenvalue weighted by Gasteiger charge is -2.12. The number of rotatable bonds is 5. The van der Waals surface area contributed by atoms with Crippen molar-refractivity contribution >= 4 is 37.4 Å². The second-order valence-corrected chi connectivity index (χ2v) is 7.26. The van der Waals surface area contributed by atoms with E-state index in [0.29, 0.717) is 5.69 Å². The van der Waals surface area contributed by atoms with Gasteiger partial charge in [-0.1, -0.05) is 0 Å². The molecule has 0 aromatic heterocycles. The van der Waals surface area contributed by atoms with Crippen LogP contribution in [0.2, 0.25) is 0 Å². The Bertz CT molecular complexity index is 577. The van der Waals surface area contributed by atoms with E-state index in [9.17, 15) is 17.6 Å². The molecular weight excluding hydrogens is 339 g/mol. The smallest absolute Gasteiger partial charge is 0.241 e. The molecule has 0 fully saturated rings. The second kappa shape index (κ2) is 6.44. The minimum absolute atomic E-state index is 0.0348. The standard InChI is InChI=1S/C11H14BrFN2O3S/c1-19(17,18)5-4-10(14)11(16)15-7-2-3-9(13)8(12)6-7/h2-3,6,10H,4-5,14H2,1H3,(H,15,16). The van der Waals surface area contributed by atoms with Crippen LogP contribution in [-0.2, 0) is 14.6 Å². The van der Waals surface area contributed by atoms with Gasteiger partial charge in [0, 0.05) is 11.9 Å². The summed E-state index contributed by atoms with van der Waals surface area (Å²) >= 11 is 2.99. The normalized spacial score (nSPS) is 13.1. The van der Waals surface area contributed by atoms with Crippen LogP contribution in [-0.4, -0.2) is 32.4 Å². The van der Waals surface area contributed by atoms with Crippen LogP contribution < -0.4 is 11.1 Å². The van der Waals surface area contributed by atoms with E-state index in [2.05, 4.69) is 21.2 Å². The van der Waals surface area contributed by atoms with Crippen molar-refractivity contribution in [3.63, 3.8) is 0 Å². The molecule has 0 aliphatic rings. The summed E-state index contributed by atoms with van der Waals surface area (Å²) in [5.41, 5.74) is 5.96. The first kappa shape index (κ1) is 16.1. The largest absolute Gasteiger partial charge is 0.325 e. The van der Waals surface area contributed by atoms with Crippen LogP contribution >= 0.6 is 15.9 Å². The Hall–Kier alpha value is -0.990. The third kappa shape index (κ3) is 5.66. The Morgan fingerprint density at radius 2 is 2.16 bits per heavy atom. The SMILES string of the molecule is CS(=O)(=O)CCC(N)C(=O)Nc1ccc(F)c(Br)c1. The molecule has 0 aliphatic heterocycles. The molecule has 0 saturated carbocycles. The highest BCUT2D eigenvalue weighted by Crippen LogP contribution is 2.20. The van der Waals surface area contributed by atoms with E-state index >= 15 is 0 Å². The zero-order valence-corrected chi connectivity index (χ0v) is 12.6. The molecule has 1 rings (SSSR count). The molecule has 0 bridgehead atoms. The quantitative estimate of drug-likeness (QED) is 0.835. The first-order valence-corrected chi connectivity index (χ1v) is 8.23. The molecule has 3 N–H and O–H groups in total. The molecule has 1 unspecified atom stereocenters. The Morgan fingerprint density at radius 3 is 2.68 bits per heavy atom. The topological polar surface area (TPSA) is 89.3 Å². The van der Waals surface area contributed by atoms with Crippen LogP contribution in [0.15, 0.2) is 22.7 Å². The number of hydrogen-bond acceptors (Lipinski definition) is 4. The molecule has 0 heterocycles. The number of amides is 1.